The highest BCUT2D eigenvalue weighted by Crippen LogP contribution is 2.35. The van der Waals surface area contributed by atoms with Crippen LogP contribution < -0.4 is 5.32 Å². The molecule has 2 nitrogen and oxygen atoms in total. The topological polar surface area (TPSA) is 29.1 Å². The number of carbonyl (C=O) groups excluding carboxylic acids is 1. The zero-order valence-corrected chi connectivity index (χ0v) is 4.68. The zero-order valence-electron chi connectivity index (χ0n) is 4.68. The number of carbonyl (C=O) groups is 1. The van der Waals surface area contributed by atoms with E-state index >= 15 is 0 Å². The van der Waals surface area contributed by atoms with Crippen LogP contribution >= 0.6 is 0 Å². The molecule has 2 heteroatoms. The Morgan fingerprint density at radius 1 is 1.62 bits per heavy atom. The van der Waals surface area contributed by atoms with Crippen LogP contribution in [0.15, 0.2) is 12.7 Å². The molecule has 0 spiro atoms. The Bertz CT molecular complexity index is 116. The summed E-state index contributed by atoms with van der Waals surface area (Å²) in [7, 11) is 0. The maximum absolute atomic E-state index is 9.86. The summed E-state index contributed by atoms with van der Waals surface area (Å²) in [5, 5.41) is 2.68. The second kappa shape index (κ2) is 1.62. The van der Waals surface area contributed by atoms with E-state index in [0.29, 0.717) is 0 Å². The predicted molar refractivity (Wildman–Crippen MR) is 31.4 cm³/mol. The monoisotopic (exact) mass is 111 g/mol. The number of hydrogen-bond acceptors (Lipinski definition) is 1. The second-order valence-corrected chi connectivity index (χ2v) is 2.12. The minimum atomic E-state index is -0.0122. The van der Waals surface area contributed by atoms with Gasteiger partial charge < -0.3 is 5.32 Å². The molecule has 0 aliphatic heterocycles. The van der Waals surface area contributed by atoms with Crippen LogP contribution in [-0.4, -0.2) is 11.9 Å². The van der Waals surface area contributed by atoms with Crippen molar-refractivity contribution >= 4 is 6.41 Å². The van der Waals surface area contributed by atoms with Gasteiger partial charge in [0.25, 0.3) is 0 Å². The SMILES string of the molecule is C=CC1(NC=O)CC1. The van der Waals surface area contributed by atoms with E-state index in [1.165, 1.54) is 0 Å². The molecule has 0 saturated heterocycles. The number of rotatable bonds is 3. The molecular weight excluding hydrogens is 102 g/mol. The summed E-state index contributed by atoms with van der Waals surface area (Å²) in [6.07, 6.45) is 4.63. The van der Waals surface area contributed by atoms with E-state index in [1.807, 2.05) is 0 Å². The fourth-order valence-corrected chi connectivity index (χ4v) is 0.659. The fraction of sp³-hybridized carbons (Fsp3) is 0.500. The Hall–Kier alpha value is -0.790. The average molecular weight is 111 g/mol. The molecule has 0 heterocycles. The van der Waals surface area contributed by atoms with Gasteiger partial charge >= 0.3 is 0 Å². The third-order valence-corrected chi connectivity index (χ3v) is 1.53. The van der Waals surface area contributed by atoms with Gasteiger partial charge in [-0.05, 0) is 12.8 Å². The first kappa shape index (κ1) is 5.35. The summed E-state index contributed by atoms with van der Waals surface area (Å²) in [5.74, 6) is 0. The van der Waals surface area contributed by atoms with Gasteiger partial charge in [-0.3, -0.25) is 4.79 Å². The highest BCUT2D eigenvalue weighted by molar-refractivity contribution is 5.50. The number of hydrogen-bond donors (Lipinski definition) is 1. The van der Waals surface area contributed by atoms with Crippen LogP contribution in [0.4, 0.5) is 0 Å². The molecule has 1 N–H and O–H groups in total. The second-order valence-electron chi connectivity index (χ2n) is 2.12. The van der Waals surface area contributed by atoms with Gasteiger partial charge in [0.2, 0.25) is 6.41 Å². The van der Waals surface area contributed by atoms with Crippen LogP contribution in [0.2, 0.25) is 0 Å². The van der Waals surface area contributed by atoms with Crippen molar-refractivity contribution in [2.75, 3.05) is 0 Å². The summed E-state index contributed by atoms with van der Waals surface area (Å²) < 4.78 is 0. The van der Waals surface area contributed by atoms with Crippen molar-refractivity contribution in [3.63, 3.8) is 0 Å². The molecule has 0 aromatic heterocycles. The summed E-state index contributed by atoms with van der Waals surface area (Å²) in [5.41, 5.74) is -0.0122. The highest BCUT2D eigenvalue weighted by Gasteiger charge is 2.38. The van der Waals surface area contributed by atoms with E-state index in [4.69, 9.17) is 0 Å². The van der Waals surface area contributed by atoms with Gasteiger partial charge in [0.1, 0.15) is 0 Å². The Morgan fingerprint density at radius 2 is 2.25 bits per heavy atom. The lowest BCUT2D eigenvalue weighted by molar-refractivity contribution is -0.110. The van der Waals surface area contributed by atoms with E-state index in [0.717, 1.165) is 19.3 Å². The maximum atomic E-state index is 9.86. The Morgan fingerprint density at radius 3 is 2.38 bits per heavy atom. The molecule has 0 atom stereocenters. The van der Waals surface area contributed by atoms with E-state index < -0.39 is 0 Å². The molecule has 1 amide bonds. The first-order chi connectivity index (χ1) is 3.83. The van der Waals surface area contributed by atoms with E-state index in [9.17, 15) is 4.79 Å². The van der Waals surface area contributed by atoms with E-state index in [2.05, 4.69) is 11.9 Å². The lowest BCUT2D eigenvalue weighted by atomic mass is 10.3. The van der Waals surface area contributed by atoms with Crippen molar-refractivity contribution in [1.82, 2.24) is 5.32 Å². The van der Waals surface area contributed by atoms with Gasteiger partial charge in [-0.15, -0.1) is 6.58 Å². The van der Waals surface area contributed by atoms with Crippen LogP contribution in [0, 0.1) is 0 Å². The first-order valence-corrected chi connectivity index (χ1v) is 2.68. The first-order valence-electron chi connectivity index (χ1n) is 2.68. The van der Waals surface area contributed by atoms with Crippen LogP contribution in [0.3, 0.4) is 0 Å². The van der Waals surface area contributed by atoms with E-state index in [-0.39, 0.29) is 5.54 Å². The quantitative estimate of drug-likeness (QED) is 0.416. The molecule has 0 bridgehead atoms. The van der Waals surface area contributed by atoms with Crippen molar-refractivity contribution in [3.8, 4) is 0 Å². The number of amides is 1. The third kappa shape index (κ3) is 0.735. The molecule has 0 aromatic carbocycles. The molecule has 8 heavy (non-hydrogen) atoms. The molecule has 1 aliphatic rings. The molecule has 1 aliphatic carbocycles. The van der Waals surface area contributed by atoms with Crippen LogP contribution in [-0.2, 0) is 4.79 Å². The molecule has 1 saturated carbocycles. The minimum absolute atomic E-state index is 0.0122. The van der Waals surface area contributed by atoms with Gasteiger partial charge in [0, 0.05) is 0 Å². The van der Waals surface area contributed by atoms with Gasteiger partial charge in [-0.1, -0.05) is 6.08 Å². The molecular formula is C6H9NO. The van der Waals surface area contributed by atoms with Crippen LogP contribution in [0.1, 0.15) is 12.8 Å². The summed E-state index contributed by atoms with van der Waals surface area (Å²) in [6.45, 7) is 3.59. The zero-order chi connectivity index (χ0) is 6.04. The minimum Gasteiger partial charge on any atom is -0.350 e. The molecule has 1 rings (SSSR count). The molecule has 0 radical (unpaired) electrons. The Balaban J connectivity index is 2.40. The van der Waals surface area contributed by atoms with Crippen LogP contribution in [0.5, 0.6) is 0 Å². The largest absolute Gasteiger partial charge is 0.350 e. The van der Waals surface area contributed by atoms with E-state index in [1.54, 1.807) is 6.08 Å². The summed E-state index contributed by atoms with van der Waals surface area (Å²) in [4.78, 5) is 9.86. The van der Waals surface area contributed by atoms with Gasteiger partial charge in [0.05, 0.1) is 5.54 Å². The Labute approximate surface area is 48.6 Å². The highest BCUT2D eigenvalue weighted by atomic mass is 16.1. The Kier molecular flexibility index (Phi) is 1.08. The standard InChI is InChI=1S/C6H9NO/c1-2-6(3-4-6)7-5-8/h2,5H,1,3-4H2,(H,7,8). The molecule has 1 fully saturated rings. The lowest BCUT2D eigenvalue weighted by Gasteiger charge is -2.04. The average Bonchev–Trinajstić information content (AvgIpc) is 2.50. The fourth-order valence-electron chi connectivity index (χ4n) is 0.659. The molecule has 44 valence electrons. The van der Waals surface area contributed by atoms with Crippen molar-refractivity contribution in [2.45, 2.75) is 18.4 Å². The van der Waals surface area contributed by atoms with Crippen molar-refractivity contribution in [1.29, 1.82) is 0 Å². The van der Waals surface area contributed by atoms with Crippen LogP contribution in [0.25, 0.3) is 0 Å². The van der Waals surface area contributed by atoms with Crippen molar-refractivity contribution in [3.05, 3.63) is 12.7 Å². The maximum Gasteiger partial charge on any atom is 0.207 e. The normalized spacial score (nSPS) is 21.5. The summed E-state index contributed by atoms with van der Waals surface area (Å²) in [6, 6.07) is 0. The molecule has 0 aromatic rings. The smallest absolute Gasteiger partial charge is 0.207 e. The van der Waals surface area contributed by atoms with Gasteiger partial charge in [-0.25, -0.2) is 0 Å². The van der Waals surface area contributed by atoms with Gasteiger partial charge in [0.15, 0.2) is 0 Å². The predicted octanol–water partition coefficient (Wildman–Crippen LogP) is 0.451. The van der Waals surface area contributed by atoms with Crippen molar-refractivity contribution in [2.24, 2.45) is 0 Å². The molecule has 0 unspecified atom stereocenters. The third-order valence-electron chi connectivity index (χ3n) is 1.53. The number of nitrogens with one attached hydrogen (secondary N) is 1. The summed E-state index contributed by atoms with van der Waals surface area (Å²) >= 11 is 0. The lowest BCUT2D eigenvalue weighted by Crippen LogP contribution is -2.26. The van der Waals surface area contributed by atoms with Gasteiger partial charge in [-0.2, -0.15) is 0 Å². The van der Waals surface area contributed by atoms with Crippen molar-refractivity contribution < 1.29 is 4.79 Å².